The predicted molar refractivity (Wildman–Crippen MR) is 163 cm³/mol. The number of carbonyl (C=O) groups is 4. The van der Waals surface area contributed by atoms with Gasteiger partial charge in [0.25, 0.3) is 0 Å². The summed E-state index contributed by atoms with van der Waals surface area (Å²) in [5.41, 5.74) is 3.47. The molecule has 1 aliphatic carbocycles. The van der Waals surface area contributed by atoms with Gasteiger partial charge in [0.15, 0.2) is 0 Å². The molecular weight excluding hydrogens is 578 g/mol. The first-order chi connectivity index (χ1) is 21.5. The molecule has 5 rings (SSSR count). The molecule has 2 fully saturated rings. The maximum atomic E-state index is 13.4. The number of carbonyl (C=O) groups excluding carboxylic acids is 3. The van der Waals surface area contributed by atoms with Crippen LogP contribution in [-0.4, -0.2) is 95.0 Å². The first-order valence-corrected chi connectivity index (χ1v) is 15.2. The van der Waals surface area contributed by atoms with Crippen molar-refractivity contribution in [3.8, 4) is 17.2 Å². The van der Waals surface area contributed by atoms with Gasteiger partial charge in [0.1, 0.15) is 30.3 Å². The summed E-state index contributed by atoms with van der Waals surface area (Å²) >= 11 is 0. The number of hydrogen-bond donors (Lipinski definition) is 3. The number of rotatable bonds is 8. The molecule has 0 spiro atoms. The molecule has 3 N–H and O–H groups in total. The van der Waals surface area contributed by atoms with Gasteiger partial charge < -0.3 is 30.1 Å². The second-order valence-electron chi connectivity index (χ2n) is 12.7. The molecule has 2 aromatic rings. The van der Waals surface area contributed by atoms with Gasteiger partial charge in [-0.25, -0.2) is 14.4 Å². The fourth-order valence-electron chi connectivity index (χ4n) is 6.40. The number of nitriles is 1. The van der Waals surface area contributed by atoms with Crippen LogP contribution in [0.4, 0.5) is 9.59 Å². The summed E-state index contributed by atoms with van der Waals surface area (Å²) in [4.78, 5) is 54.2. The zero-order valence-corrected chi connectivity index (χ0v) is 25.7. The van der Waals surface area contributed by atoms with Gasteiger partial charge >= 0.3 is 18.2 Å². The van der Waals surface area contributed by atoms with Crippen molar-refractivity contribution in [2.75, 3.05) is 26.2 Å². The number of nitrogens with zero attached hydrogens (tertiary/aromatic N) is 3. The SMILES string of the molecule is CC(C)(C)OC(=O)N[C@@H](CNC1CC(C(=O)O)N(C(=O)OCC2c3ccccc3-c3ccccc32)C1)C(=O)N1CCC[C@H]1C#N. The van der Waals surface area contributed by atoms with Crippen LogP contribution in [0.15, 0.2) is 48.5 Å². The lowest BCUT2D eigenvalue weighted by Gasteiger charge is -2.28. The number of benzene rings is 2. The summed E-state index contributed by atoms with van der Waals surface area (Å²) in [6.07, 6.45) is -0.216. The van der Waals surface area contributed by atoms with Crippen molar-refractivity contribution in [1.82, 2.24) is 20.4 Å². The molecule has 2 unspecified atom stereocenters. The van der Waals surface area contributed by atoms with Crippen LogP contribution in [0.1, 0.15) is 57.1 Å². The van der Waals surface area contributed by atoms with E-state index in [0.29, 0.717) is 19.4 Å². The highest BCUT2D eigenvalue weighted by Gasteiger charge is 2.42. The van der Waals surface area contributed by atoms with Crippen LogP contribution in [0.2, 0.25) is 0 Å². The van der Waals surface area contributed by atoms with Crippen LogP contribution in [0.3, 0.4) is 0 Å². The van der Waals surface area contributed by atoms with Gasteiger partial charge in [-0.05, 0) is 62.3 Å². The molecular formula is C33H39N5O7. The van der Waals surface area contributed by atoms with Crippen LogP contribution in [-0.2, 0) is 19.1 Å². The molecule has 12 nitrogen and oxygen atoms in total. The smallest absolute Gasteiger partial charge is 0.410 e. The van der Waals surface area contributed by atoms with E-state index in [1.807, 2.05) is 48.5 Å². The zero-order valence-electron chi connectivity index (χ0n) is 25.7. The molecule has 0 aromatic heterocycles. The molecule has 12 heteroatoms. The first kappa shape index (κ1) is 31.8. The minimum atomic E-state index is -1.17. The molecule has 45 heavy (non-hydrogen) atoms. The number of likely N-dealkylation sites (tertiary alicyclic amines) is 2. The molecule has 2 heterocycles. The average molecular weight is 618 g/mol. The van der Waals surface area contributed by atoms with E-state index in [0.717, 1.165) is 22.3 Å². The maximum Gasteiger partial charge on any atom is 0.410 e. The van der Waals surface area contributed by atoms with E-state index in [9.17, 15) is 29.5 Å². The fourth-order valence-corrected chi connectivity index (χ4v) is 6.40. The fraction of sp³-hybridized carbons (Fsp3) is 0.485. The first-order valence-electron chi connectivity index (χ1n) is 15.2. The zero-order chi connectivity index (χ0) is 32.3. The lowest BCUT2D eigenvalue weighted by Crippen LogP contribution is -2.56. The summed E-state index contributed by atoms with van der Waals surface area (Å²) in [6, 6.07) is 14.7. The Morgan fingerprint density at radius 1 is 1.04 bits per heavy atom. The number of carboxylic acid groups (broad SMARTS) is 1. The van der Waals surface area contributed by atoms with Crippen LogP contribution in [0.25, 0.3) is 11.1 Å². The highest BCUT2D eigenvalue weighted by Crippen LogP contribution is 2.44. The lowest BCUT2D eigenvalue weighted by atomic mass is 9.98. The summed E-state index contributed by atoms with van der Waals surface area (Å²) in [7, 11) is 0. The van der Waals surface area contributed by atoms with E-state index in [-0.39, 0.29) is 32.0 Å². The topological polar surface area (TPSA) is 161 Å². The Labute approximate surface area is 262 Å². The van der Waals surface area contributed by atoms with E-state index < -0.39 is 53.8 Å². The molecule has 3 amide bonds. The third kappa shape index (κ3) is 7.04. The van der Waals surface area contributed by atoms with Crippen LogP contribution in [0.5, 0.6) is 0 Å². The largest absolute Gasteiger partial charge is 0.480 e. The third-order valence-electron chi connectivity index (χ3n) is 8.44. The van der Waals surface area contributed by atoms with Gasteiger partial charge in [0.05, 0.1) is 6.07 Å². The molecule has 2 aromatic carbocycles. The molecule has 2 aliphatic heterocycles. The number of alkyl carbamates (subject to hydrolysis) is 1. The molecule has 238 valence electrons. The number of hydrogen-bond acceptors (Lipinski definition) is 8. The second-order valence-corrected chi connectivity index (χ2v) is 12.7. The average Bonchev–Trinajstić information content (AvgIpc) is 3.73. The minimum absolute atomic E-state index is 0.0333. The Morgan fingerprint density at radius 2 is 1.69 bits per heavy atom. The van der Waals surface area contributed by atoms with Crippen LogP contribution < -0.4 is 10.6 Å². The number of amides is 3. The van der Waals surface area contributed by atoms with Crippen molar-refractivity contribution in [2.24, 2.45) is 0 Å². The van der Waals surface area contributed by atoms with E-state index >= 15 is 0 Å². The third-order valence-corrected chi connectivity index (χ3v) is 8.44. The molecule has 0 radical (unpaired) electrons. The summed E-state index contributed by atoms with van der Waals surface area (Å²) < 4.78 is 11.1. The van der Waals surface area contributed by atoms with Crippen molar-refractivity contribution in [3.05, 3.63) is 59.7 Å². The van der Waals surface area contributed by atoms with Crippen molar-refractivity contribution < 1.29 is 33.8 Å². The van der Waals surface area contributed by atoms with Gasteiger partial charge in [0.2, 0.25) is 5.91 Å². The van der Waals surface area contributed by atoms with E-state index in [1.165, 1.54) is 9.80 Å². The molecule has 0 bridgehead atoms. The number of nitrogens with one attached hydrogen (secondary N) is 2. The van der Waals surface area contributed by atoms with Gasteiger partial charge in [-0.15, -0.1) is 0 Å². The Hall–Kier alpha value is -4.63. The van der Waals surface area contributed by atoms with Crippen molar-refractivity contribution in [3.63, 3.8) is 0 Å². The lowest BCUT2D eigenvalue weighted by molar-refractivity contribution is -0.141. The summed E-state index contributed by atoms with van der Waals surface area (Å²) in [6.45, 7) is 5.54. The highest BCUT2D eigenvalue weighted by molar-refractivity contribution is 5.87. The van der Waals surface area contributed by atoms with Crippen LogP contribution >= 0.6 is 0 Å². The number of carboxylic acids is 1. The molecule has 0 saturated carbocycles. The minimum Gasteiger partial charge on any atom is -0.480 e. The standard InChI is InChI=1S/C33H39N5O7/c1-33(2,3)45-31(42)36-27(29(39)37-14-8-9-21(37)16-34)17-35-20-15-28(30(40)41)38(18-20)32(43)44-19-26-24-12-6-4-10-22(24)23-11-5-7-13-25(23)26/h4-7,10-13,20-21,26-28,35H,8-9,14-15,17-19H2,1-3H3,(H,36,42)(H,40,41)/t20?,21-,27-,28?/m0/s1. The summed E-state index contributed by atoms with van der Waals surface area (Å²) in [5.74, 6) is -1.77. The predicted octanol–water partition coefficient (Wildman–Crippen LogP) is 3.46. The van der Waals surface area contributed by atoms with Gasteiger partial charge in [-0.1, -0.05) is 48.5 Å². The second kappa shape index (κ2) is 13.2. The number of fused-ring (bicyclic) bond motifs is 3. The molecule has 3 aliphatic rings. The summed E-state index contributed by atoms with van der Waals surface area (Å²) in [5, 5.41) is 25.2. The van der Waals surface area contributed by atoms with Crippen molar-refractivity contribution >= 4 is 24.1 Å². The number of ether oxygens (including phenoxy) is 2. The van der Waals surface area contributed by atoms with Crippen molar-refractivity contribution in [2.45, 2.75) is 75.7 Å². The van der Waals surface area contributed by atoms with Gasteiger partial charge in [-0.2, -0.15) is 5.26 Å². The van der Waals surface area contributed by atoms with E-state index in [1.54, 1.807) is 20.8 Å². The maximum absolute atomic E-state index is 13.4. The van der Waals surface area contributed by atoms with Gasteiger partial charge in [-0.3, -0.25) is 9.69 Å². The Kier molecular flexibility index (Phi) is 9.29. The highest BCUT2D eigenvalue weighted by atomic mass is 16.6. The normalized spacial score (nSPS) is 21.4. The molecule has 4 atom stereocenters. The van der Waals surface area contributed by atoms with Crippen LogP contribution in [0, 0.1) is 11.3 Å². The quantitative estimate of drug-likeness (QED) is 0.403. The Morgan fingerprint density at radius 3 is 2.29 bits per heavy atom. The van der Waals surface area contributed by atoms with E-state index in [2.05, 4.69) is 16.7 Å². The Balaban J connectivity index is 1.24. The Bertz CT molecular complexity index is 1450. The molecule has 2 saturated heterocycles. The number of aliphatic carboxylic acids is 1. The van der Waals surface area contributed by atoms with E-state index in [4.69, 9.17) is 9.47 Å². The monoisotopic (exact) mass is 617 g/mol. The van der Waals surface area contributed by atoms with Crippen molar-refractivity contribution in [1.29, 1.82) is 5.26 Å². The van der Waals surface area contributed by atoms with Gasteiger partial charge in [0, 0.05) is 31.6 Å².